The molecule has 3 atom stereocenters. The average molecular weight is 481 g/mol. The van der Waals surface area contributed by atoms with Crippen molar-refractivity contribution in [3.8, 4) is 5.69 Å². The zero-order valence-corrected chi connectivity index (χ0v) is 20.8. The summed E-state index contributed by atoms with van der Waals surface area (Å²) >= 11 is 12.2. The predicted molar refractivity (Wildman–Crippen MR) is 136 cm³/mol. The molecule has 0 saturated carbocycles. The molecule has 0 radical (unpaired) electrons. The summed E-state index contributed by atoms with van der Waals surface area (Å²) in [5, 5.41) is 5.08. The van der Waals surface area contributed by atoms with Crippen LogP contribution in [0.4, 0.5) is 0 Å². The van der Waals surface area contributed by atoms with Gasteiger partial charge in [-0.15, -0.1) is 0 Å². The van der Waals surface area contributed by atoms with Gasteiger partial charge in [-0.1, -0.05) is 23.7 Å². The lowest BCUT2D eigenvalue weighted by molar-refractivity contribution is 0.0841. The van der Waals surface area contributed by atoms with Crippen LogP contribution in [0.2, 0.25) is 5.02 Å². The van der Waals surface area contributed by atoms with Crippen molar-refractivity contribution in [1.82, 2.24) is 19.8 Å². The predicted octanol–water partition coefficient (Wildman–Crippen LogP) is 5.60. The van der Waals surface area contributed by atoms with Gasteiger partial charge in [-0.25, -0.2) is 0 Å². The van der Waals surface area contributed by atoms with E-state index in [4.69, 9.17) is 33.5 Å². The van der Waals surface area contributed by atoms with Gasteiger partial charge in [0.25, 0.3) is 0 Å². The van der Waals surface area contributed by atoms with E-state index in [9.17, 15) is 0 Å². The van der Waals surface area contributed by atoms with Crippen LogP contribution in [0, 0.1) is 20.8 Å². The summed E-state index contributed by atoms with van der Waals surface area (Å²) in [4.78, 5) is 7.01. The number of rotatable bonds is 5. The highest BCUT2D eigenvalue weighted by Crippen LogP contribution is 2.43. The van der Waals surface area contributed by atoms with Crippen LogP contribution in [0.3, 0.4) is 0 Å². The number of halogens is 1. The topological polar surface area (TPSA) is 42.3 Å². The monoisotopic (exact) mass is 480 g/mol. The molecule has 2 aliphatic rings. The second kappa shape index (κ2) is 9.09. The highest BCUT2D eigenvalue weighted by molar-refractivity contribution is 7.80. The van der Waals surface area contributed by atoms with Crippen molar-refractivity contribution in [2.24, 2.45) is 0 Å². The summed E-state index contributed by atoms with van der Waals surface area (Å²) < 4.78 is 8.30. The highest BCUT2D eigenvalue weighted by Gasteiger charge is 2.43. The third-order valence-corrected chi connectivity index (χ3v) is 7.58. The van der Waals surface area contributed by atoms with Crippen molar-refractivity contribution >= 4 is 28.9 Å². The van der Waals surface area contributed by atoms with Gasteiger partial charge in [0.2, 0.25) is 0 Å². The first kappa shape index (κ1) is 22.4. The molecule has 0 unspecified atom stereocenters. The van der Waals surface area contributed by atoms with E-state index in [0.29, 0.717) is 0 Å². The first-order valence-corrected chi connectivity index (χ1v) is 12.3. The van der Waals surface area contributed by atoms with Crippen LogP contribution in [-0.2, 0) is 4.74 Å². The van der Waals surface area contributed by atoms with Crippen LogP contribution >= 0.6 is 23.8 Å². The number of benzene rings is 1. The van der Waals surface area contributed by atoms with E-state index in [1.54, 1.807) is 0 Å². The van der Waals surface area contributed by atoms with Crippen LogP contribution in [0.15, 0.2) is 48.7 Å². The Morgan fingerprint density at radius 1 is 1.15 bits per heavy atom. The van der Waals surface area contributed by atoms with Crippen LogP contribution in [-0.4, -0.2) is 38.8 Å². The molecule has 4 heterocycles. The van der Waals surface area contributed by atoms with Crippen LogP contribution < -0.4 is 5.32 Å². The Morgan fingerprint density at radius 3 is 2.70 bits per heavy atom. The Hall–Kier alpha value is -2.41. The fourth-order valence-corrected chi connectivity index (χ4v) is 5.87. The number of hydrogen-bond acceptors (Lipinski definition) is 3. The van der Waals surface area contributed by atoms with Crippen molar-refractivity contribution in [1.29, 1.82) is 0 Å². The summed E-state index contributed by atoms with van der Waals surface area (Å²) in [7, 11) is 0. The van der Waals surface area contributed by atoms with E-state index in [1.807, 2.05) is 36.5 Å². The lowest BCUT2D eigenvalue weighted by atomic mass is 9.93. The molecule has 2 aliphatic heterocycles. The van der Waals surface area contributed by atoms with E-state index < -0.39 is 0 Å². The average Bonchev–Trinajstić information content (AvgIpc) is 3.49. The zero-order valence-electron chi connectivity index (χ0n) is 19.2. The number of aromatic nitrogens is 2. The largest absolute Gasteiger partial charge is 0.376 e. The fourth-order valence-electron chi connectivity index (χ4n) is 5.37. The molecule has 2 aromatic heterocycles. The van der Waals surface area contributed by atoms with Gasteiger partial charge in [0.1, 0.15) is 0 Å². The Morgan fingerprint density at radius 2 is 2.00 bits per heavy atom. The molecular formula is C26H29ClN4OS. The van der Waals surface area contributed by atoms with E-state index >= 15 is 0 Å². The lowest BCUT2D eigenvalue weighted by Gasteiger charge is -2.30. The second-order valence-electron chi connectivity index (χ2n) is 8.94. The van der Waals surface area contributed by atoms with Gasteiger partial charge >= 0.3 is 0 Å². The molecule has 33 heavy (non-hydrogen) atoms. The van der Waals surface area contributed by atoms with Crippen molar-refractivity contribution in [3.63, 3.8) is 0 Å². The molecule has 0 amide bonds. The first-order valence-electron chi connectivity index (χ1n) is 11.5. The SMILES string of the molecule is Cc1c([C@@H]2[C@H](c3ccccn3)NC(=S)N2C[C@H]2CCCO2)c(C)n(-c2cccc(Cl)c2)c1C. The zero-order chi connectivity index (χ0) is 23.1. The van der Waals surface area contributed by atoms with Gasteiger partial charge < -0.3 is 19.5 Å². The molecule has 7 heteroatoms. The maximum atomic E-state index is 6.34. The van der Waals surface area contributed by atoms with Gasteiger partial charge in [0, 0.05) is 47.0 Å². The molecule has 0 spiro atoms. The molecule has 2 fully saturated rings. The Balaban J connectivity index is 1.64. The molecule has 3 aromatic rings. The summed E-state index contributed by atoms with van der Waals surface area (Å²) in [6.45, 7) is 8.18. The highest BCUT2D eigenvalue weighted by atomic mass is 35.5. The molecule has 0 aliphatic carbocycles. The summed E-state index contributed by atoms with van der Waals surface area (Å²) in [6.07, 6.45) is 4.23. The van der Waals surface area contributed by atoms with E-state index in [2.05, 4.69) is 47.7 Å². The van der Waals surface area contributed by atoms with E-state index in [0.717, 1.165) is 47.5 Å². The number of nitrogens with zero attached hydrogens (tertiary/aromatic N) is 3. The molecule has 0 bridgehead atoms. The number of pyridine rings is 1. The van der Waals surface area contributed by atoms with Gasteiger partial charge in [-0.3, -0.25) is 4.98 Å². The summed E-state index contributed by atoms with van der Waals surface area (Å²) in [5.74, 6) is 0. The van der Waals surface area contributed by atoms with Gasteiger partial charge in [-0.05, 0) is 81.7 Å². The minimum atomic E-state index is -0.0351. The normalized spacial score (nSPS) is 22.7. The van der Waals surface area contributed by atoms with Crippen molar-refractivity contribution in [3.05, 3.63) is 81.9 Å². The molecule has 1 aromatic carbocycles. The third kappa shape index (κ3) is 4.05. The Kier molecular flexibility index (Phi) is 6.16. The number of ether oxygens (including phenoxy) is 1. The minimum Gasteiger partial charge on any atom is -0.376 e. The van der Waals surface area contributed by atoms with Crippen molar-refractivity contribution in [2.75, 3.05) is 13.2 Å². The number of thiocarbonyl (C=S) groups is 1. The molecular weight excluding hydrogens is 452 g/mol. The number of nitrogens with one attached hydrogen (secondary N) is 1. The fraction of sp³-hybridized carbons (Fsp3) is 0.385. The van der Waals surface area contributed by atoms with Crippen molar-refractivity contribution < 1.29 is 4.74 Å². The van der Waals surface area contributed by atoms with E-state index in [-0.39, 0.29) is 18.2 Å². The third-order valence-electron chi connectivity index (χ3n) is 6.99. The maximum Gasteiger partial charge on any atom is 0.170 e. The Labute approximate surface area is 205 Å². The first-order chi connectivity index (χ1) is 16.0. The molecule has 5 rings (SSSR count). The van der Waals surface area contributed by atoms with Crippen LogP contribution in [0.5, 0.6) is 0 Å². The molecule has 2 saturated heterocycles. The van der Waals surface area contributed by atoms with Crippen LogP contribution in [0.25, 0.3) is 5.69 Å². The Bertz CT molecular complexity index is 1170. The quantitative estimate of drug-likeness (QED) is 0.481. The van der Waals surface area contributed by atoms with Crippen LogP contribution in [0.1, 0.15) is 53.1 Å². The summed E-state index contributed by atoms with van der Waals surface area (Å²) in [5.41, 5.74) is 7.02. The smallest absolute Gasteiger partial charge is 0.170 e. The summed E-state index contributed by atoms with van der Waals surface area (Å²) in [6, 6.07) is 14.1. The molecule has 5 nitrogen and oxygen atoms in total. The standard InChI is InChI=1S/C26H29ClN4OS/c1-16-17(2)31(20-9-6-8-19(27)14-20)18(3)23(16)25-24(22-11-4-5-12-28-22)29-26(33)30(25)15-21-10-7-13-32-21/h4-6,8-9,11-12,14,21,24-25H,7,10,13,15H2,1-3H3,(H,29,33)/t21-,24+,25-/m1/s1. The molecule has 1 N–H and O–H groups in total. The van der Waals surface area contributed by atoms with E-state index in [1.165, 1.54) is 22.5 Å². The lowest BCUT2D eigenvalue weighted by Crippen LogP contribution is -2.36. The maximum absolute atomic E-state index is 6.34. The van der Waals surface area contributed by atoms with Gasteiger partial charge in [0.15, 0.2) is 5.11 Å². The van der Waals surface area contributed by atoms with Gasteiger partial charge in [0.05, 0.1) is 23.9 Å². The molecule has 172 valence electrons. The van der Waals surface area contributed by atoms with Crippen molar-refractivity contribution in [2.45, 2.75) is 51.8 Å². The second-order valence-corrected chi connectivity index (χ2v) is 9.76. The minimum absolute atomic E-state index is 0.0238. The number of hydrogen-bond donors (Lipinski definition) is 1. The van der Waals surface area contributed by atoms with Gasteiger partial charge in [-0.2, -0.15) is 0 Å².